The molecule has 2 atom stereocenters. The van der Waals surface area contributed by atoms with Gasteiger partial charge in [0.1, 0.15) is 5.82 Å². The summed E-state index contributed by atoms with van der Waals surface area (Å²) in [5, 5.41) is 3.58. The molecule has 3 rings (SSSR count). The number of hydrogen-bond donors (Lipinski definition) is 1. The average Bonchev–Trinajstić information content (AvgIpc) is 2.48. The van der Waals surface area contributed by atoms with Gasteiger partial charge in [0.2, 0.25) is 0 Å². The number of benzene rings is 2. The molecule has 0 aliphatic carbocycles. The highest BCUT2D eigenvalue weighted by Crippen LogP contribution is 2.37. The third-order valence-corrected chi connectivity index (χ3v) is 4.90. The quantitative estimate of drug-likeness (QED) is 0.877. The van der Waals surface area contributed by atoms with Gasteiger partial charge in [-0.2, -0.15) is 0 Å². The molecule has 1 unspecified atom stereocenters. The van der Waals surface area contributed by atoms with Gasteiger partial charge >= 0.3 is 0 Å². The van der Waals surface area contributed by atoms with E-state index in [1.54, 1.807) is 6.07 Å². The van der Waals surface area contributed by atoms with Crippen molar-refractivity contribution in [3.8, 4) is 0 Å². The van der Waals surface area contributed by atoms with Crippen LogP contribution in [0.15, 0.2) is 53.4 Å². The topological polar surface area (TPSA) is 12.0 Å². The minimum atomic E-state index is -0.133. The molecule has 1 aliphatic rings. The van der Waals surface area contributed by atoms with E-state index in [1.165, 1.54) is 16.5 Å². The number of rotatable bonds is 3. The monoisotopic (exact) mass is 287 g/mol. The summed E-state index contributed by atoms with van der Waals surface area (Å²) in [6.07, 6.45) is 1.08. The van der Waals surface area contributed by atoms with Crippen LogP contribution < -0.4 is 5.32 Å². The first-order valence-corrected chi connectivity index (χ1v) is 7.96. The maximum atomic E-state index is 13.8. The molecule has 0 amide bonds. The highest BCUT2D eigenvalue weighted by molar-refractivity contribution is 7.99. The second-order valence-electron chi connectivity index (χ2n) is 5.14. The first kappa shape index (κ1) is 13.7. The largest absolute Gasteiger partial charge is 0.303 e. The minimum Gasteiger partial charge on any atom is -0.303 e. The summed E-state index contributed by atoms with van der Waals surface area (Å²) in [6, 6.07) is 15.8. The third-order valence-electron chi connectivity index (χ3n) is 3.78. The predicted molar refractivity (Wildman–Crippen MR) is 82.5 cm³/mol. The third kappa shape index (κ3) is 2.74. The van der Waals surface area contributed by atoms with Crippen molar-refractivity contribution in [1.29, 1.82) is 0 Å². The lowest BCUT2D eigenvalue weighted by Gasteiger charge is -2.29. The Bertz CT molecular complexity index is 599. The molecule has 104 valence electrons. The first-order chi connectivity index (χ1) is 9.75. The van der Waals surface area contributed by atoms with Crippen LogP contribution >= 0.6 is 11.8 Å². The van der Waals surface area contributed by atoms with E-state index in [-0.39, 0.29) is 11.9 Å². The Balaban J connectivity index is 1.81. The summed E-state index contributed by atoms with van der Waals surface area (Å²) in [5.74, 6) is 0.976. The smallest absolute Gasteiger partial charge is 0.127 e. The predicted octanol–water partition coefficient (Wildman–Crippen LogP) is 4.71. The molecule has 0 fully saturated rings. The van der Waals surface area contributed by atoms with Gasteiger partial charge in [0.05, 0.1) is 0 Å². The fourth-order valence-corrected chi connectivity index (χ4v) is 3.86. The molecule has 2 aromatic rings. The van der Waals surface area contributed by atoms with Crippen molar-refractivity contribution in [3.05, 3.63) is 65.5 Å². The van der Waals surface area contributed by atoms with Crippen molar-refractivity contribution < 1.29 is 4.39 Å². The van der Waals surface area contributed by atoms with Crippen LogP contribution in [0.25, 0.3) is 0 Å². The fraction of sp³-hybridized carbons (Fsp3) is 0.294. The fourth-order valence-electron chi connectivity index (χ4n) is 2.73. The van der Waals surface area contributed by atoms with Gasteiger partial charge in [-0.05, 0) is 36.8 Å². The molecular formula is C17H18FNS. The van der Waals surface area contributed by atoms with Gasteiger partial charge in [0.25, 0.3) is 0 Å². The Morgan fingerprint density at radius 3 is 2.75 bits per heavy atom. The number of thioether (sulfide) groups is 1. The van der Waals surface area contributed by atoms with Crippen molar-refractivity contribution in [3.63, 3.8) is 0 Å². The van der Waals surface area contributed by atoms with Crippen LogP contribution in [0.2, 0.25) is 0 Å². The van der Waals surface area contributed by atoms with Crippen molar-refractivity contribution >= 4 is 11.8 Å². The van der Waals surface area contributed by atoms with Crippen LogP contribution in [-0.4, -0.2) is 5.75 Å². The number of halogens is 1. The molecule has 0 bridgehead atoms. The van der Waals surface area contributed by atoms with Crippen LogP contribution in [-0.2, 0) is 0 Å². The lowest BCUT2D eigenvalue weighted by atomic mass is 10.0. The lowest BCUT2D eigenvalue weighted by molar-refractivity contribution is 0.437. The van der Waals surface area contributed by atoms with Gasteiger partial charge in [0, 0.05) is 22.5 Å². The van der Waals surface area contributed by atoms with Gasteiger partial charge in [-0.3, -0.25) is 0 Å². The maximum Gasteiger partial charge on any atom is 0.127 e. The number of fused-ring (bicyclic) bond motifs is 1. The van der Waals surface area contributed by atoms with Crippen molar-refractivity contribution in [1.82, 2.24) is 5.32 Å². The first-order valence-electron chi connectivity index (χ1n) is 6.98. The van der Waals surface area contributed by atoms with E-state index >= 15 is 0 Å². The van der Waals surface area contributed by atoms with Crippen molar-refractivity contribution in [2.45, 2.75) is 30.3 Å². The molecule has 20 heavy (non-hydrogen) atoms. The minimum absolute atomic E-state index is 0.0114. The Kier molecular flexibility index (Phi) is 4.08. The van der Waals surface area contributed by atoms with E-state index in [0.29, 0.717) is 6.04 Å². The standard InChI is InChI=1S/C17H18FNS/c1-12(13-6-2-4-8-15(13)18)19-16-10-11-20-17-9-5-3-7-14(16)17/h2-9,12,16,19H,10-11H2,1H3/t12-,16?/m1/s1. The molecule has 0 aromatic heterocycles. The van der Waals surface area contributed by atoms with Crippen LogP contribution in [0.3, 0.4) is 0 Å². The normalized spacial score (nSPS) is 19.4. The Labute approximate surface area is 123 Å². The molecule has 1 N–H and O–H groups in total. The van der Waals surface area contributed by atoms with Gasteiger partial charge in [-0.25, -0.2) is 4.39 Å². The zero-order valence-corrected chi connectivity index (χ0v) is 12.3. The van der Waals surface area contributed by atoms with E-state index in [1.807, 2.05) is 30.8 Å². The van der Waals surface area contributed by atoms with E-state index < -0.39 is 0 Å². The molecule has 0 spiro atoms. The summed E-state index contributed by atoms with van der Waals surface area (Å²) >= 11 is 1.90. The molecule has 1 heterocycles. The highest BCUT2D eigenvalue weighted by atomic mass is 32.2. The summed E-state index contributed by atoms with van der Waals surface area (Å²) in [7, 11) is 0. The zero-order valence-electron chi connectivity index (χ0n) is 11.5. The second kappa shape index (κ2) is 5.98. The van der Waals surface area contributed by atoms with E-state index in [0.717, 1.165) is 17.7 Å². The molecule has 2 aromatic carbocycles. The summed E-state index contributed by atoms with van der Waals surface area (Å²) in [5.41, 5.74) is 2.08. The molecule has 3 heteroatoms. The van der Waals surface area contributed by atoms with Gasteiger partial charge in [-0.1, -0.05) is 36.4 Å². The molecular weight excluding hydrogens is 269 g/mol. The highest BCUT2D eigenvalue weighted by Gasteiger charge is 2.22. The summed E-state index contributed by atoms with van der Waals surface area (Å²) in [6.45, 7) is 2.03. The van der Waals surface area contributed by atoms with Crippen LogP contribution in [0.5, 0.6) is 0 Å². The molecule has 0 saturated carbocycles. The maximum absolute atomic E-state index is 13.8. The molecule has 1 aliphatic heterocycles. The van der Waals surface area contributed by atoms with E-state index in [4.69, 9.17) is 0 Å². The van der Waals surface area contributed by atoms with Crippen LogP contribution in [0.1, 0.15) is 36.6 Å². The SMILES string of the molecule is C[C@@H](NC1CCSc2ccccc21)c1ccccc1F. The van der Waals surface area contributed by atoms with Gasteiger partial charge < -0.3 is 5.32 Å². The summed E-state index contributed by atoms with van der Waals surface area (Å²) < 4.78 is 13.8. The Morgan fingerprint density at radius 2 is 1.90 bits per heavy atom. The van der Waals surface area contributed by atoms with Crippen LogP contribution in [0, 0.1) is 5.82 Å². The second-order valence-corrected chi connectivity index (χ2v) is 6.27. The van der Waals surface area contributed by atoms with Crippen molar-refractivity contribution in [2.24, 2.45) is 0 Å². The molecule has 0 radical (unpaired) electrons. The van der Waals surface area contributed by atoms with Crippen LogP contribution in [0.4, 0.5) is 4.39 Å². The Hall–Kier alpha value is -1.32. The van der Waals surface area contributed by atoms with Crippen molar-refractivity contribution in [2.75, 3.05) is 5.75 Å². The molecule has 0 saturated heterocycles. The van der Waals surface area contributed by atoms with Gasteiger partial charge in [-0.15, -0.1) is 11.8 Å². The summed E-state index contributed by atoms with van der Waals surface area (Å²) in [4.78, 5) is 1.34. The van der Waals surface area contributed by atoms with E-state index in [9.17, 15) is 4.39 Å². The Morgan fingerprint density at radius 1 is 1.15 bits per heavy atom. The zero-order chi connectivity index (χ0) is 13.9. The molecule has 1 nitrogen and oxygen atoms in total. The average molecular weight is 287 g/mol. The number of nitrogens with one attached hydrogen (secondary N) is 1. The van der Waals surface area contributed by atoms with Gasteiger partial charge in [0.15, 0.2) is 0 Å². The lowest BCUT2D eigenvalue weighted by Crippen LogP contribution is -2.27. The van der Waals surface area contributed by atoms with E-state index in [2.05, 4.69) is 29.6 Å². The number of hydrogen-bond acceptors (Lipinski definition) is 2.